The fraction of sp³-hybridized carbons (Fsp3) is 0.231. The van der Waals surface area contributed by atoms with E-state index in [2.05, 4.69) is 10.3 Å². The van der Waals surface area contributed by atoms with Gasteiger partial charge in [0.1, 0.15) is 0 Å². The zero-order valence-corrected chi connectivity index (χ0v) is 11.3. The van der Waals surface area contributed by atoms with Crippen LogP contribution in [0.5, 0.6) is 0 Å². The van der Waals surface area contributed by atoms with Crippen LogP contribution in [-0.2, 0) is 12.7 Å². The summed E-state index contributed by atoms with van der Waals surface area (Å²) < 4.78 is 37.2. The third-order valence-corrected chi connectivity index (χ3v) is 3.48. The minimum Gasteiger partial charge on any atom is -0.347 e. The van der Waals surface area contributed by atoms with Gasteiger partial charge in [-0.05, 0) is 31.2 Å². The van der Waals surface area contributed by atoms with Crippen molar-refractivity contribution in [1.29, 1.82) is 0 Å². The van der Waals surface area contributed by atoms with E-state index in [1.54, 1.807) is 6.20 Å². The van der Waals surface area contributed by atoms with Gasteiger partial charge in [-0.15, -0.1) is 11.3 Å². The Morgan fingerprint density at radius 2 is 1.95 bits per heavy atom. The molecule has 2 aromatic rings. The first-order valence-electron chi connectivity index (χ1n) is 5.73. The molecule has 0 bridgehead atoms. The summed E-state index contributed by atoms with van der Waals surface area (Å²) in [4.78, 5) is 16.7. The van der Waals surface area contributed by atoms with Gasteiger partial charge >= 0.3 is 6.18 Å². The first-order chi connectivity index (χ1) is 9.36. The molecular formula is C13H11F3N2OS. The van der Waals surface area contributed by atoms with Crippen LogP contribution in [-0.4, -0.2) is 10.9 Å². The maximum atomic E-state index is 12.4. The van der Waals surface area contributed by atoms with Crippen molar-refractivity contribution in [2.75, 3.05) is 0 Å². The van der Waals surface area contributed by atoms with Crippen LogP contribution in [0, 0.1) is 6.92 Å². The highest BCUT2D eigenvalue weighted by atomic mass is 32.1. The van der Waals surface area contributed by atoms with Gasteiger partial charge in [-0.25, -0.2) is 4.98 Å². The molecule has 0 unspecified atom stereocenters. The number of alkyl halides is 3. The molecule has 0 aliphatic carbocycles. The van der Waals surface area contributed by atoms with E-state index < -0.39 is 17.6 Å². The molecule has 0 saturated carbocycles. The third kappa shape index (κ3) is 3.57. The molecule has 0 aliphatic rings. The van der Waals surface area contributed by atoms with Gasteiger partial charge in [0.05, 0.1) is 17.1 Å². The summed E-state index contributed by atoms with van der Waals surface area (Å²) >= 11 is 1.46. The zero-order valence-electron chi connectivity index (χ0n) is 10.5. The van der Waals surface area contributed by atoms with E-state index in [9.17, 15) is 18.0 Å². The van der Waals surface area contributed by atoms with Gasteiger partial charge in [0.2, 0.25) is 0 Å². The van der Waals surface area contributed by atoms with Crippen molar-refractivity contribution in [3.8, 4) is 0 Å². The summed E-state index contributed by atoms with van der Waals surface area (Å²) in [5.74, 6) is -0.412. The number of thiazole rings is 1. The smallest absolute Gasteiger partial charge is 0.347 e. The number of nitrogens with one attached hydrogen (secondary N) is 1. The van der Waals surface area contributed by atoms with Crippen molar-refractivity contribution >= 4 is 17.2 Å². The zero-order chi connectivity index (χ0) is 14.8. The second kappa shape index (κ2) is 5.62. The van der Waals surface area contributed by atoms with E-state index in [4.69, 9.17) is 0 Å². The topological polar surface area (TPSA) is 42.0 Å². The second-order valence-electron chi connectivity index (χ2n) is 4.10. The fourth-order valence-corrected chi connectivity index (χ4v) is 2.30. The van der Waals surface area contributed by atoms with Crippen molar-refractivity contribution in [2.45, 2.75) is 19.6 Å². The molecule has 2 rings (SSSR count). The summed E-state index contributed by atoms with van der Waals surface area (Å²) in [5, 5.41) is 3.53. The molecule has 1 heterocycles. The average molecular weight is 300 g/mol. The number of carbonyl (C=O) groups is 1. The van der Waals surface area contributed by atoms with Gasteiger partial charge in [0.15, 0.2) is 0 Å². The molecule has 1 N–H and O–H groups in total. The molecule has 0 saturated heterocycles. The van der Waals surface area contributed by atoms with Gasteiger partial charge in [0.25, 0.3) is 5.91 Å². The number of rotatable bonds is 3. The fourth-order valence-electron chi connectivity index (χ4n) is 1.57. The van der Waals surface area contributed by atoms with Gasteiger partial charge in [-0.1, -0.05) is 0 Å². The number of carbonyl (C=O) groups excluding carboxylic acids is 1. The molecule has 0 radical (unpaired) electrons. The first kappa shape index (κ1) is 14.5. The number of benzene rings is 1. The Balaban J connectivity index is 1.99. The normalized spacial score (nSPS) is 11.4. The standard InChI is InChI=1S/C13H11F3N2OS/c1-8-17-6-11(20-8)7-18-12(19)9-2-4-10(5-3-9)13(14,15)16/h2-6H,7H2,1H3,(H,18,19). The Kier molecular flexibility index (Phi) is 4.08. The minimum absolute atomic E-state index is 0.194. The van der Waals surface area contributed by atoms with Gasteiger partial charge in [-0.2, -0.15) is 13.2 Å². The number of aromatic nitrogens is 1. The van der Waals surface area contributed by atoms with Crippen molar-refractivity contribution in [2.24, 2.45) is 0 Å². The Labute approximate surface area is 117 Å². The van der Waals surface area contributed by atoms with E-state index >= 15 is 0 Å². The third-order valence-electron chi connectivity index (χ3n) is 2.57. The van der Waals surface area contributed by atoms with E-state index in [-0.39, 0.29) is 5.56 Å². The van der Waals surface area contributed by atoms with Crippen molar-refractivity contribution < 1.29 is 18.0 Å². The lowest BCUT2D eigenvalue weighted by molar-refractivity contribution is -0.137. The molecule has 7 heteroatoms. The maximum Gasteiger partial charge on any atom is 0.416 e. The van der Waals surface area contributed by atoms with E-state index in [0.29, 0.717) is 6.54 Å². The highest BCUT2D eigenvalue weighted by Gasteiger charge is 2.30. The lowest BCUT2D eigenvalue weighted by atomic mass is 10.1. The van der Waals surface area contributed by atoms with Gasteiger partial charge in [-0.3, -0.25) is 4.79 Å². The molecule has 0 fully saturated rings. The summed E-state index contributed by atoms with van der Waals surface area (Å²) in [5.41, 5.74) is -0.577. The second-order valence-corrected chi connectivity index (χ2v) is 5.42. The van der Waals surface area contributed by atoms with Crippen LogP contribution in [0.2, 0.25) is 0 Å². The maximum absolute atomic E-state index is 12.4. The van der Waals surface area contributed by atoms with Crippen LogP contribution < -0.4 is 5.32 Å². The summed E-state index contributed by atoms with van der Waals surface area (Å²) in [6.45, 7) is 2.16. The minimum atomic E-state index is -4.39. The molecular weight excluding hydrogens is 289 g/mol. The largest absolute Gasteiger partial charge is 0.416 e. The molecule has 1 aromatic carbocycles. The Morgan fingerprint density at radius 1 is 1.30 bits per heavy atom. The Hall–Kier alpha value is -1.89. The predicted octanol–water partition coefficient (Wildman–Crippen LogP) is 3.40. The summed E-state index contributed by atoms with van der Waals surface area (Å²) in [6.07, 6.45) is -2.73. The summed E-state index contributed by atoms with van der Waals surface area (Å²) in [6, 6.07) is 4.11. The van der Waals surface area contributed by atoms with Crippen LogP contribution in [0.25, 0.3) is 0 Å². The highest BCUT2D eigenvalue weighted by molar-refractivity contribution is 7.11. The van der Waals surface area contributed by atoms with Gasteiger partial charge in [0, 0.05) is 16.6 Å². The van der Waals surface area contributed by atoms with Crippen LogP contribution >= 0.6 is 11.3 Å². The first-order valence-corrected chi connectivity index (χ1v) is 6.54. The average Bonchev–Trinajstić information content (AvgIpc) is 2.81. The number of aryl methyl sites for hydroxylation is 1. The number of halogens is 3. The SMILES string of the molecule is Cc1ncc(CNC(=O)c2ccc(C(F)(F)F)cc2)s1. The molecule has 1 amide bonds. The molecule has 0 aliphatic heterocycles. The van der Waals surface area contributed by atoms with E-state index in [0.717, 1.165) is 34.2 Å². The lowest BCUT2D eigenvalue weighted by Crippen LogP contribution is -2.22. The molecule has 106 valence electrons. The quantitative estimate of drug-likeness (QED) is 0.944. The van der Waals surface area contributed by atoms with Crippen LogP contribution in [0.15, 0.2) is 30.5 Å². The monoisotopic (exact) mass is 300 g/mol. The number of hydrogen-bond acceptors (Lipinski definition) is 3. The Bertz CT molecular complexity index is 605. The molecule has 1 aromatic heterocycles. The van der Waals surface area contributed by atoms with Crippen molar-refractivity contribution in [3.05, 3.63) is 51.5 Å². The molecule has 3 nitrogen and oxygen atoms in total. The van der Waals surface area contributed by atoms with Crippen molar-refractivity contribution in [3.63, 3.8) is 0 Å². The van der Waals surface area contributed by atoms with Gasteiger partial charge < -0.3 is 5.32 Å². The van der Waals surface area contributed by atoms with Crippen LogP contribution in [0.3, 0.4) is 0 Å². The molecule has 0 spiro atoms. The van der Waals surface area contributed by atoms with Crippen LogP contribution in [0.1, 0.15) is 25.8 Å². The van der Waals surface area contributed by atoms with Crippen molar-refractivity contribution in [1.82, 2.24) is 10.3 Å². The summed E-state index contributed by atoms with van der Waals surface area (Å²) in [7, 11) is 0. The van der Waals surface area contributed by atoms with E-state index in [1.807, 2.05) is 6.92 Å². The number of nitrogens with zero attached hydrogens (tertiary/aromatic N) is 1. The Morgan fingerprint density at radius 3 is 2.45 bits per heavy atom. The predicted molar refractivity (Wildman–Crippen MR) is 69.5 cm³/mol. The number of amides is 1. The van der Waals surface area contributed by atoms with E-state index in [1.165, 1.54) is 11.3 Å². The highest BCUT2D eigenvalue weighted by Crippen LogP contribution is 2.29. The number of hydrogen-bond donors (Lipinski definition) is 1. The van der Waals surface area contributed by atoms with Crippen LogP contribution in [0.4, 0.5) is 13.2 Å². The molecule has 20 heavy (non-hydrogen) atoms. The lowest BCUT2D eigenvalue weighted by Gasteiger charge is -2.07. The molecule has 0 atom stereocenters.